The van der Waals surface area contributed by atoms with Crippen LogP contribution in [0.25, 0.3) is 88.4 Å². The molecule has 12 aromatic rings. The summed E-state index contributed by atoms with van der Waals surface area (Å²) in [7, 11) is 0. The standard InChI is InChI=1S/C61H37NO2/c1-3-16-38(17-4-1)39-30-32-41(33-31-39)62(40-18-5-2-6-19-40)54-35-34-47(60-58(54)48-23-10-14-29-56(48)64-60)46-25-15-24-45-42-20-7-11-26-51(42)61(59(45)46)52-27-12-8-21-43(52)49-36-50-44-22-9-13-28-55(44)63-57(50)37-53(49)61/h1-37H. The second-order valence-corrected chi connectivity index (χ2v) is 17.1. The molecule has 0 N–H and O–H groups in total. The molecule has 298 valence electrons. The minimum Gasteiger partial charge on any atom is -0.456 e. The van der Waals surface area contributed by atoms with Crippen molar-refractivity contribution in [2.75, 3.05) is 4.90 Å². The lowest BCUT2D eigenvalue weighted by molar-refractivity contribution is 0.666. The highest BCUT2D eigenvalue weighted by atomic mass is 16.3. The van der Waals surface area contributed by atoms with Crippen LogP contribution in [0.5, 0.6) is 0 Å². The second kappa shape index (κ2) is 13.3. The Balaban J connectivity index is 1.05. The normalized spacial score (nSPS) is 14.6. The highest BCUT2D eigenvalue weighted by molar-refractivity contribution is 6.18. The van der Waals surface area contributed by atoms with E-state index in [1.165, 1.54) is 55.6 Å². The van der Waals surface area contributed by atoms with Crippen LogP contribution in [0.15, 0.2) is 233 Å². The molecule has 2 heterocycles. The number of nitrogens with zero attached hydrogens (tertiary/aromatic N) is 1. The molecule has 0 aliphatic heterocycles. The number of rotatable bonds is 5. The summed E-state index contributed by atoms with van der Waals surface area (Å²) >= 11 is 0. The minimum atomic E-state index is -0.616. The molecule has 0 amide bonds. The maximum absolute atomic E-state index is 7.15. The summed E-state index contributed by atoms with van der Waals surface area (Å²) in [6.07, 6.45) is 0. The van der Waals surface area contributed by atoms with Gasteiger partial charge in [-0.1, -0.05) is 164 Å². The van der Waals surface area contributed by atoms with Crippen LogP contribution in [0.3, 0.4) is 0 Å². The van der Waals surface area contributed by atoms with Crippen molar-refractivity contribution in [3.8, 4) is 44.5 Å². The van der Waals surface area contributed by atoms with E-state index in [0.717, 1.165) is 72.1 Å². The van der Waals surface area contributed by atoms with Gasteiger partial charge in [0.2, 0.25) is 0 Å². The lowest BCUT2D eigenvalue weighted by atomic mass is 9.68. The summed E-state index contributed by atoms with van der Waals surface area (Å²) in [5.41, 5.74) is 20.7. The molecule has 64 heavy (non-hydrogen) atoms. The van der Waals surface area contributed by atoms with Gasteiger partial charge in [-0.3, -0.25) is 0 Å². The first-order chi connectivity index (χ1) is 31.8. The van der Waals surface area contributed by atoms with Crippen LogP contribution in [0, 0.1) is 0 Å². The second-order valence-electron chi connectivity index (χ2n) is 17.1. The molecule has 1 unspecified atom stereocenters. The Hall–Kier alpha value is -8.40. The highest BCUT2D eigenvalue weighted by Crippen LogP contribution is 2.65. The smallest absolute Gasteiger partial charge is 0.145 e. The van der Waals surface area contributed by atoms with Crippen LogP contribution >= 0.6 is 0 Å². The van der Waals surface area contributed by atoms with Crippen molar-refractivity contribution >= 4 is 60.9 Å². The van der Waals surface area contributed by atoms with Crippen LogP contribution in [0.2, 0.25) is 0 Å². The summed E-state index contributed by atoms with van der Waals surface area (Å²) in [5, 5.41) is 4.42. The van der Waals surface area contributed by atoms with E-state index in [9.17, 15) is 0 Å². The van der Waals surface area contributed by atoms with Crippen molar-refractivity contribution in [3.63, 3.8) is 0 Å². The average Bonchev–Trinajstić information content (AvgIpc) is 4.10. The summed E-state index contributed by atoms with van der Waals surface area (Å²) in [4.78, 5) is 2.37. The highest BCUT2D eigenvalue weighted by Gasteiger charge is 2.53. The van der Waals surface area contributed by atoms with Crippen molar-refractivity contribution in [2.24, 2.45) is 0 Å². The van der Waals surface area contributed by atoms with Gasteiger partial charge in [0.25, 0.3) is 0 Å². The molecule has 1 atom stereocenters. The molecule has 0 fully saturated rings. The number of anilines is 3. The third-order valence-electron chi connectivity index (χ3n) is 13.9. The lowest BCUT2D eigenvalue weighted by Crippen LogP contribution is -2.26. The fraction of sp³-hybridized carbons (Fsp3) is 0.0164. The number of hydrogen-bond acceptors (Lipinski definition) is 3. The van der Waals surface area contributed by atoms with Gasteiger partial charge in [-0.05, 0) is 122 Å². The summed E-state index contributed by atoms with van der Waals surface area (Å²) < 4.78 is 13.8. The molecule has 3 heteroatoms. The van der Waals surface area contributed by atoms with E-state index in [0.29, 0.717) is 0 Å². The van der Waals surface area contributed by atoms with E-state index in [1.54, 1.807) is 0 Å². The van der Waals surface area contributed by atoms with Crippen LogP contribution in [-0.4, -0.2) is 0 Å². The van der Waals surface area contributed by atoms with Gasteiger partial charge in [0.15, 0.2) is 0 Å². The first kappa shape index (κ1) is 35.2. The Bertz CT molecular complexity index is 3840. The monoisotopic (exact) mass is 815 g/mol. The zero-order chi connectivity index (χ0) is 41.9. The molecule has 0 radical (unpaired) electrons. The van der Waals surface area contributed by atoms with Crippen molar-refractivity contribution in [2.45, 2.75) is 5.41 Å². The fourth-order valence-corrected chi connectivity index (χ4v) is 11.3. The molecule has 14 rings (SSSR count). The molecular formula is C61H37NO2. The van der Waals surface area contributed by atoms with Gasteiger partial charge in [0.1, 0.15) is 22.3 Å². The first-order valence-corrected chi connectivity index (χ1v) is 22.0. The van der Waals surface area contributed by atoms with E-state index in [1.807, 2.05) is 0 Å². The first-order valence-electron chi connectivity index (χ1n) is 22.0. The maximum Gasteiger partial charge on any atom is 0.145 e. The molecular weight excluding hydrogens is 779 g/mol. The number of furan rings is 2. The average molecular weight is 816 g/mol. The fourth-order valence-electron chi connectivity index (χ4n) is 11.3. The van der Waals surface area contributed by atoms with Gasteiger partial charge in [0, 0.05) is 33.1 Å². The quantitative estimate of drug-likeness (QED) is 0.173. The van der Waals surface area contributed by atoms with E-state index < -0.39 is 5.41 Å². The Morgan fingerprint density at radius 2 is 0.891 bits per heavy atom. The van der Waals surface area contributed by atoms with Crippen molar-refractivity contribution in [3.05, 3.63) is 247 Å². The van der Waals surface area contributed by atoms with Crippen molar-refractivity contribution in [1.82, 2.24) is 0 Å². The summed E-state index contributed by atoms with van der Waals surface area (Å²) in [5.74, 6) is 0. The predicted octanol–water partition coefficient (Wildman–Crippen LogP) is 16.6. The zero-order valence-electron chi connectivity index (χ0n) is 34.6. The lowest BCUT2D eigenvalue weighted by Gasteiger charge is -2.32. The molecule has 2 aliphatic rings. The summed E-state index contributed by atoms with van der Waals surface area (Å²) in [6.45, 7) is 0. The molecule has 1 spiro atoms. The summed E-state index contributed by atoms with van der Waals surface area (Å²) in [6, 6.07) is 81.2. The van der Waals surface area contributed by atoms with Crippen LogP contribution in [0.4, 0.5) is 17.1 Å². The van der Waals surface area contributed by atoms with Gasteiger partial charge in [-0.2, -0.15) is 0 Å². The van der Waals surface area contributed by atoms with Crippen LogP contribution < -0.4 is 4.90 Å². The van der Waals surface area contributed by atoms with Gasteiger partial charge < -0.3 is 13.7 Å². The van der Waals surface area contributed by atoms with E-state index in [4.69, 9.17) is 8.83 Å². The van der Waals surface area contributed by atoms with E-state index in [2.05, 4.69) is 229 Å². The van der Waals surface area contributed by atoms with E-state index in [-0.39, 0.29) is 0 Å². The molecule has 2 aliphatic carbocycles. The molecule has 0 bridgehead atoms. The van der Waals surface area contributed by atoms with Crippen LogP contribution in [0.1, 0.15) is 22.3 Å². The Morgan fingerprint density at radius 3 is 1.64 bits per heavy atom. The molecule has 0 saturated heterocycles. The van der Waals surface area contributed by atoms with Gasteiger partial charge in [-0.25, -0.2) is 0 Å². The number of hydrogen-bond donors (Lipinski definition) is 0. The Kier molecular flexibility index (Phi) is 7.32. The van der Waals surface area contributed by atoms with Crippen LogP contribution in [-0.2, 0) is 5.41 Å². The maximum atomic E-state index is 7.15. The molecule has 2 aromatic heterocycles. The number of fused-ring (bicyclic) bond motifs is 16. The topological polar surface area (TPSA) is 29.5 Å². The largest absolute Gasteiger partial charge is 0.456 e. The van der Waals surface area contributed by atoms with Gasteiger partial charge >= 0.3 is 0 Å². The minimum absolute atomic E-state index is 0.616. The number of benzene rings is 10. The Labute approximate surface area is 369 Å². The van der Waals surface area contributed by atoms with Crippen molar-refractivity contribution in [1.29, 1.82) is 0 Å². The van der Waals surface area contributed by atoms with Gasteiger partial charge in [0.05, 0.1) is 16.5 Å². The molecule has 0 saturated carbocycles. The molecule has 3 nitrogen and oxygen atoms in total. The Morgan fingerprint density at radius 1 is 0.328 bits per heavy atom. The van der Waals surface area contributed by atoms with E-state index >= 15 is 0 Å². The third kappa shape index (κ3) is 4.76. The molecule has 10 aromatic carbocycles. The van der Waals surface area contributed by atoms with Crippen molar-refractivity contribution < 1.29 is 8.83 Å². The zero-order valence-corrected chi connectivity index (χ0v) is 34.6. The van der Waals surface area contributed by atoms with Gasteiger partial charge in [-0.15, -0.1) is 0 Å². The predicted molar refractivity (Wildman–Crippen MR) is 263 cm³/mol. The number of para-hydroxylation sites is 3. The third-order valence-corrected chi connectivity index (χ3v) is 13.9. The SMILES string of the molecule is c1ccc(-c2ccc(N(c3ccccc3)c3ccc(-c4cccc5c4C4(c6ccccc6-c6cc7c(cc64)oc4ccccc47)c4ccccc4-5)c4oc5ccccc5c34)cc2)cc1.